The fourth-order valence-electron chi connectivity index (χ4n) is 2.76. The van der Waals surface area contributed by atoms with Gasteiger partial charge in [0.1, 0.15) is 0 Å². The van der Waals surface area contributed by atoms with Crippen molar-refractivity contribution in [1.82, 2.24) is 5.32 Å². The summed E-state index contributed by atoms with van der Waals surface area (Å²) in [7, 11) is 0. The predicted molar refractivity (Wildman–Crippen MR) is 79.0 cm³/mol. The Morgan fingerprint density at radius 3 is 2.63 bits per heavy atom. The van der Waals surface area contributed by atoms with E-state index in [1.807, 2.05) is 24.3 Å². The number of aliphatic hydroxyl groups is 1. The fourth-order valence-corrected chi connectivity index (χ4v) is 3.22. The highest BCUT2D eigenvalue weighted by Gasteiger charge is 2.24. The number of nitrogens with one attached hydrogen (secondary N) is 1. The van der Waals surface area contributed by atoms with Crippen molar-refractivity contribution in [1.29, 1.82) is 0 Å². The van der Waals surface area contributed by atoms with Crippen LogP contribution in [-0.2, 0) is 0 Å². The largest absolute Gasteiger partial charge is 0.396 e. The van der Waals surface area contributed by atoms with Crippen LogP contribution in [-0.4, -0.2) is 24.2 Å². The Morgan fingerprint density at radius 2 is 1.95 bits per heavy atom. The quantitative estimate of drug-likeness (QED) is 0.894. The zero-order valence-corrected chi connectivity index (χ0v) is 12.5. The van der Waals surface area contributed by atoms with Crippen molar-refractivity contribution in [3.8, 4) is 0 Å². The molecular weight excluding hydrogens is 306 g/mol. The van der Waals surface area contributed by atoms with Crippen molar-refractivity contribution >= 4 is 21.8 Å². The Kier molecular flexibility index (Phi) is 5.40. The molecule has 1 aliphatic carbocycles. The summed E-state index contributed by atoms with van der Waals surface area (Å²) >= 11 is 3.39. The Labute approximate surface area is 122 Å². The van der Waals surface area contributed by atoms with Crippen LogP contribution in [0.1, 0.15) is 36.0 Å². The van der Waals surface area contributed by atoms with Crippen molar-refractivity contribution in [3.63, 3.8) is 0 Å². The Hall–Kier alpha value is -0.870. The van der Waals surface area contributed by atoms with E-state index in [1.165, 1.54) is 12.8 Å². The van der Waals surface area contributed by atoms with Gasteiger partial charge in [-0.25, -0.2) is 0 Å². The van der Waals surface area contributed by atoms with Crippen LogP contribution < -0.4 is 5.32 Å². The average Bonchev–Trinajstić information content (AvgIpc) is 2.45. The smallest absolute Gasteiger partial charge is 0.252 e. The van der Waals surface area contributed by atoms with Crippen LogP contribution in [0, 0.1) is 11.8 Å². The lowest BCUT2D eigenvalue weighted by atomic mass is 9.79. The van der Waals surface area contributed by atoms with E-state index in [0.717, 1.165) is 17.3 Å². The molecule has 0 aromatic heterocycles. The Balaban J connectivity index is 1.91. The molecule has 0 bridgehead atoms. The molecule has 1 amide bonds. The van der Waals surface area contributed by atoms with Crippen LogP contribution in [0.3, 0.4) is 0 Å². The summed E-state index contributed by atoms with van der Waals surface area (Å²) in [5, 5.41) is 12.4. The maximum absolute atomic E-state index is 12.1. The molecule has 0 radical (unpaired) electrons. The van der Waals surface area contributed by atoms with Gasteiger partial charge >= 0.3 is 0 Å². The highest BCUT2D eigenvalue weighted by atomic mass is 79.9. The second-order valence-electron chi connectivity index (χ2n) is 5.18. The minimum absolute atomic E-state index is 0.0465. The molecular formula is C15H20BrNO2. The highest BCUT2D eigenvalue weighted by Crippen LogP contribution is 2.29. The number of carbonyl (C=O) groups excluding carboxylic acids is 1. The fraction of sp³-hybridized carbons (Fsp3) is 0.533. The maximum Gasteiger partial charge on any atom is 0.252 e. The zero-order valence-electron chi connectivity index (χ0n) is 10.9. The van der Waals surface area contributed by atoms with Gasteiger partial charge in [-0.3, -0.25) is 4.79 Å². The summed E-state index contributed by atoms with van der Waals surface area (Å²) in [4.78, 5) is 12.1. The first-order chi connectivity index (χ1) is 9.22. The number of amides is 1. The van der Waals surface area contributed by atoms with Crippen LogP contribution in [0.4, 0.5) is 0 Å². The van der Waals surface area contributed by atoms with Gasteiger partial charge in [-0.15, -0.1) is 0 Å². The van der Waals surface area contributed by atoms with E-state index in [0.29, 0.717) is 23.9 Å². The summed E-state index contributed by atoms with van der Waals surface area (Å²) in [6.07, 6.45) is 4.57. The molecule has 1 aliphatic rings. The molecule has 3 nitrogen and oxygen atoms in total. The van der Waals surface area contributed by atoms with Gasteiger partial charge in [0, 0.05) is 17.6 Å². The molecule has 4 heteroatoms. The number of benzene rings is 1. The second kappa shape index (κ2) is 7.06. The third-order valence-corrected chi connectivity index (χ3v) is 4.64. The molecule has 2 rings (SSSR count). The van der Waals surface area contributed by atoms with E-state index in [2.05, 4.69) is 21.2 Å². The first kappa shape index (κ1) is 14.5. The maximum atomic E-state index is 12.1. The molecule has 1 saturated carbocycles. The van der Waals surface area contributed by atoms with Gasteiger partial charge in [-0.1, -0.05) is 25.0 Å². The molecule has 1 aromatic rings. The number of hydrogen-bond acceptors (Lipinski definition) is 2. The molecule has 0 spiro atoms. The molecule has 0 heterocycles. The van der Waals surface area contributed by atoms with Crippen LogP contribution in [0.15, 0.2) is 28.7 Å². The highest BCUT2D eigenvalue weighted by molar-refractivity contribution is 9.10. The van der Waals surface area contributed by atoms with E-state index in [9.17, 15) is 9.90 Å². The van der Waals surface area contributed by atoms with E-state index >= 15 is 0 Å². The van der Waals surface area contributed by atoms with Crippen molar-refractivity contribution in [3.05, 3.63) is 34.3 Å². The number of halogens is 1. The van der Waals surface area contributed by atoms with Crippen molar-refractivity contribution < 1.29 is 9.90 Å². The van der Waals surface area contributed by atoms with Gasteiger partial charge in [0.05, 0.1) is 5.56 Å². The summed E-state index contributed by atoms with van der Waals surface area (Å²) in [5.41, 5.74) is 0.666. The first-order valence-electron chi connectivity index (χ1n) is 6.86. The molecule has 1 fully saturated rings. The van der Waals surface area contributed by atoms with Gasteiger partial charge in [0.2, 0.25) is 0 Å². The Morgan fingerprint density at radius 1 is 1.26 bits per heavy atom. The molecule has 0 saturated heterocycles. The Bertz CT molecular complexity index is 436. The number of hydrogen-bond donors (Lipinski definition) is 2. The minimum Gasteiger partial charge on any atom is -0.396 e. The van der Waals surface area contributed by atoms with Crippen LogP contribution in [0.25, 0.3) is 0 Å². The summed E-state index contributed by atoms with van der Waals surface area (Å²) in [6, 6.07) is 7.43. The first-order valence-corrected chi connectivity index (χ1v) is 7.65. The molecule has 2 atom stereocenters. The van der Waals surface area contributed by atoms with Gasteiger partial charge in [-0.2, -0.15) is 0 Å². The van der Waals surface area contributed by atoms with Crippen LogP contribution in [0.2, 0.25) is 0 Å². The summed E-state index contributed by atoms with van der Waals surface area (Å²) in [5.74, 6) is 0.702. The molecule has 19 heavy (non-hydrogen) atoms. The lowest BCUT2D eigenvalue weighted by Gasteiger charge is -2.30. The van der Waals surface area contributed by atoms with E-state index < -0.39 is 0 Å². The predicted octanol–water partition coefficient (Wildman–Crippen LogP) is 2.98. The third kappa shape index (κ3) is 3.80. The molecule has 2 N–H and O–H groups in total. The SMILES string of the molecule is O=C(NCC1CCCCC1CO)c1ccccc1Br. The molecule has 1 aromatic carbocycles. The normalized spacial score (nSPS) is 23.1. The number of aliphatic hydroxyl groups excluding tert-OH is 1. The third-order valence-electron chi connectivity index (χ3n) is 3.94. The summed E-state index contributed by atoms with van der Waals surface area (Å²) in [6.45, 7) is 0.890. The second-order valence-corrected chi connectivity index (χ2v) is 6.03. The van der Waals surface area contributed by atoms with Gasteiger partial charge in [0.25, 0.3) is 5.91 Å². The van der Waals surface area contributed by atoms with Crippen LogP contribution >= 0.6 is 15.9 Å². The topological polar surface area (TPSA) is 49.3 Å². The van der Waals surface area contributed by atoms with Crippen molar-refractivity contribution in [2.75, 3.05) is 13.2 Å². The lowest BCUT2D eigenvalue weighted by Crippen LogP contribution is -2.35. The van der Waals surface area contributed by atoms with Crippen molar-refractivity contribution in [2.24, 2.45) is 11.8 Å². The van der Waals surface area contributed by atoms with E-state index in [1.54, 1.807) is 0 Å². The van der Waals surface area contributed by atoms with Gasteiger partial charge in [0.15, 0.2) is 0 Å². The molecule has 2 unspecified atom stereocenters. The monoisotopic (exact) mass is 325 g/mol. The van der Waals surface area contributed by atoms with Crippen LogP contribution in [0.5, 0.6) is 0 Å². The minimum atomic E-state index is -0.0465. The number of rotatable bonds is 4. The number of carbonyl (C=O) groups is 1. The molecule has 104 valence electrons. The standard InChI is InChI=1S/C15H20BrNO2/c16-14-8-4-3-7-13(14)15(19)17-9-11-5-1-2-6-12(11)10-18/h3-4,7-8,11-12,18H,1-2,5-6,9-10H2,(H,17,19). The average molecular weight is 326 g/mol. The zero-order chi connectivity index (χ0) is 13.7. The van der Waals surface area contributed by atoms with E-state index in [4.69, 9.17) is 0 Å². The van der Waals surface area contributed by atoms with Gasteiger partial charge < -0.3 is 10.4 Å². The van der Waals surface area contributed by atoms with E-state index in [-0.39, 0.29) is 12.5 Å². The van der Waals surface area contributed by atoms with Gasteiger partial charge in [-0.05, 0) is 52.7 Å². The lowest BCUT2D eigenvalue weighted by molar-refractivity contribution is 0.0908. The van der Waals surface area contributed by atoms with Crippen molar-refractivity contribution in [2.45, 2.75) is 25.7 Å². The summed E-state index contributed by atoms with van der Waals surface area (Å²) < 4.78 is 0.815. The molecule has 0 aliphatic heterocycles.